The molecule has 1 amide bonds. The summed E-state index contributed by atoms with van der Waals surface area (Å²) < 4.78 is 41.0. The van der Waals surface area contributed by atoms with Crippen LogP contribution >= 0.6 is 0 Å². The van der Waals surface area contributed by atoms with Crippen molar-refractivity contribution in [3.8, 4) is 0 Å². The summed E-state index contributed by atoms with van der Waals surface area (Å²) in [5.74, 6) is -0.772. The molecule has 0 unspecified atom stereocenters. The van der Waals surface area contributed by atoms with Crippen LogP contribution in [0.15, 0.2) is 47.4 Å². The maximum absolute atomic E-state index is 14.1. The number of likely N-dealkylation sites (N-methyl/N-ethyl adjacent to an activating group) is 2. The number of amides is 1. The predicted octanol–water partition coefficient (Wildman–Crippen LogP) is 2.65. The van der Waals surface area contributed by atoms with E-state index in [1.54, 1.807) is 36.4 Å². The predicted molar refractivity (Wildman–Crippen MR) is 116 cm³/mol. The molecule has 0 heterocycles. The van der Waals surface area contributed by atoms with Crippen LogP contribution in [0.5, 0.6) is 0 Å². The van der Waals surface area contributed by atoms with Crippen molar-refractivity contribution in [3.05, 3.63) is 65.0 Å². The Hall–Kier alpha value is -2.29. The van der Waals surface area contributed by atoms with Gasteiger partial charge in [-0.05, 0) is 57.3 Å². The van der Waals surface area contributed by atoms with E-state index in [1.165, 1.54) is 18.0 Å². The minimum atomic E-state index is -3.82. The third-order valence-corrected chi connectivity index (χ3v) is 6.83. The highest BCUT2D eigenvalue weighted by atomic mass is 32.2. The molecule has 0 aliphatic heterocycles. The fourth-order valence-corrected chi connectivity index (χ4v) is 4.08. The van der Waals surface area contributed by atoms with Crippen LogP contribution in [0.3, 0.4) is 0 Å². The summed E-state index contributed by atoms with van der Waals surface area (Å²) >= 11 is 0. The Kier molecular flexibility index (Phi) is 8.11. The molecule has 0 aliphatic carbocycles. The first-order chi connectivity index (χ1) is 14.0. The van der Waals surface area contributed by atoms with Crippen molar-refractivity contribution in [3.63, 3.8) is 0 Å². The van der Waals surface area contributed by atoms with Crippen LogP contribution in [0.2, 0.25) is 0 Å². The fraction of sp³-hybridized carbons (Fsp3) is 0.409. The van der Waals surface area contributed by atoms with E-state index in [0.717, 1.165) is 15.4 Å². The summed E-state index contributed by atoms with van der Waals surface area (Å²) in [7, 11) is 1.32. The molecule has 6 nitrogen and oxygen atoms in total. The number of carbonyl (C=O) groups excluding carboxylic acids is 1. The zero-order chi connectivity index (χ0) is 22.5. The maximum atomic E-state index is 14.1. The zero-order valence-electron chi connectivity index (χ0n) is 18.2. The van der Waals surface area contributed by atoms with Gasteiger partial charge < -0.3 is 9.80 Å². The average molecular weight is 436 g/mol. The first kappa shape index (κ1) is 24.0. The van der Waals surface area contributed by atoms with Gasteiger partial charge in [0.2, 0.25) is 15.9 Å². The summed E-state index contributed by atoms with van der Waals surface area (Å²) in [5, 5.41) is 0. The van der Waals surface area contributed by atoms with Gasteiger partial charge in [-0.15, -0.1) is 0 Å². The molecule has 2 aromatic rings. The topological polar surface area (TPSA) is 60.9 Å². The zero-order valence-corrected chi connectivity index (χ0v) is 19.0. The molecule has 0 fully saturated rings. The maximum Gasteiger partial charge on any atom is 0.243 e. The number of nitrogens with zero attached hydrogens (tertiary/aromatic N) is 3. The summed E-state index contributed by atoms with van der Waals surface area (Å²) in [6, 6.07) is 11.2. The molecule has 164 valence electrons. The quantitative estimate of drug-likeness (QED) is 0.608. The molecule has 2 aromatic carbocycles. The Bertz CT molecular complexity index is 993. The Balaban J connectivity index is 2.20. The highest BCUT2D eigenvalue weighted by Gasteiger charge is 2.26. The normalized spacial score (nSPS) is 11.9. The first-order valence-electron chi connectivity index (χ1n) is 9.72. The van der Waals surface area contributed by atoms with Crippen LogP contribution < -0.4 is 0 Å². The molecule has 0 radical (unpaired) electrons. The summed E-state index contributed by atoms with van der Waals surface area (Å²) in [4.78, 5) is 16.5. The Morgan fingerprint density at radius 1 is 0.967 bits per heavy atom. The van der Waals surface area contributed by atoms with Gasteiger partial charge in [0.15, 0.2) is 0 Å². The average Bonchev–Trinajstić information content (AvgIpc) is 2.68. The van der Waals surface area contributed by atoms with E-state index in [4.69, 9.17) is 0 Å². The smallest absolute Gasteiger partial charge is 0.243 e. The van der Waals surface area contributed by atoms with Crippen molar-refractivity contribution in [2.24, 2.45) is 0 Å². The van der Waals surface area contributed by atoms with Crippen molar-refractivity contribution in [2.45, 2.75) is 25.3 Å². The minimum Gasteiger partial charge on any atom is -0.336 e. The Morgan fingerprint density at radius 2 is 1.63 bits per heavy atom. The van der Waals surface area contributed by atoms with Gasteiger partial charge in [-0.3, -0.25) is 4.79 Å². The van der Waals surface area contributed by atoms with Crippen molar-refractivity contribution < 1.29 is 17.6 Å². The van der Waals surface area contributed by atoms with Crippen molar-refractivity contribution in [1.29, 1.82) is 0 Å². The van der Waals surface area contributed by atoms with Gasteiger partial charge in [0.25, 0.3) is 0 Å². The largest absolute Gasteiger partial charge is 0.336 e. The van der Waals surface area contributed by atoms with E-state index in [0.29, 0.717) is 18.7 Å². The molecule has 0 saturated heterocycles. The van der Waals surface area contributed by atoms with Gasteiger partial charge in [0, 0.05) is 32.2 Å². The molecule has 0 N–H and O–H groups in total. The Morgan fingerprint density at radius 3 is 2.23 bits per heavy atom. The molecule has 30 heavy (non-hydrogen) atoms. The third-order valence-electron chi connectivity index (χ3n) is 5.03. The van der Waals surface area contributed by atoms with E-state index in [-0.39, 0.29) is 23.9 Å². The van der Waals surface area contributed by atoms with Crippen LogP contribution in [0.1, 0.15) is 16.7 Å². The second-order valence-corrected chi connectivity index (χ2v) is 9.76. The molecule has 8 heteroatoms. The second-order valence-electron chi connectivity index (χ2n) is 7.72. The molecular weight excluding hydrogens is 405 g/mol. The SMILES string of the molecule is Cc1ccc(S(=O)(=O)N(C)CC(=O)N(CCN(C)C)Cc2ccccc2F)cc1C. The van der Waals surface area contributed by atoms with Crippen molar-refractivity contribution in [2.75, 3.05) is 40.8 Å². The lowest BCUT2D eigenvalue weighted by molar-refractivity contribution is -0.132. The number of sulfonamides is 1. The lowest BCUT2D eigenvalue weighted by Crippen LogP contribution is -2.43. The highest BCUT2D eigenvalue weighted by molar-refractivity contribution is 7.89. The minimum absolute atomic E-state index is 0.0802. The molecule has 2 rings (SSSR count). The van der Waals surface area contributed by atoms with E-state index in [9.17, 15) is 17.6 Å². The number of aryl methyl sites for hydroxylation is 2. The van der Waals surface area contributed by atoms with Gasteiger partial charge in [0.1, 0.15) is 5.82 Å². The van der Waals surface area contributed by atoms with E-state index < -0.39 is 15.8 Å². The molecule has 0 aliphatic rings. The number of carbonyl (C=O) groups is 1. The van der Waals surface area contributed by atoms with Crippen LogP contribution in [0.25, 0.3) is 0 Å². The Labute approximate surface area is 179 Å². The van der Waals surface area contributed by atoms with E-state index in [2.05, 4.69) is 0 Å². The van der Waals surface area contributed by atoms with Gasteiger partial charge in [-0.2, -0.15) is 4.31 Å². The van der Waals surface area contributed by atoms with Crippen molar-refractivity contribution in [1.82, 2.24) is 14.1 Å². The summed E-state index contributed by atoms with van der Waals surface area (Å²) in [6.07, 6.45) is 0. The number of hydrogen-bond acceptors (Lipinski definition) is 4. The molecule has 0 atom stereocenters. The molecule has 0 aromatic heterocycles. The second kappa shape index (κ2) is 10.1. The number of benzene rings is 2. The monoisotopic (exact) mass is 435 g/mol. The van der Waals surface area contributed by atoms with Crippen LogP contribution in [0, 0.1) is 19.7 Å². The molecule has 0 spiro atoms. The highest BCUT2D eigenvalue weighted by Crippen LogP contribution is 2.19. The van der Waals surface area contributed by atoms with Gasteiger partial charge in [-0.1, -0.05) is 24.3 Å². The lowest BCUT2D eigenvalue weighted by atomic mass is 10.1. The fourth-order valence-electron chi connectivity index (χ4n) is 2.87. The van der Waals surface area contributed by atoms with Crippen molar-refractivity contribution >= 4 is 15.9 Å². The van der Waals surface area contributed by atoms with Gasteiger partial charge >= 0.3 is 0 Å². The summed E-state index contributed by atoms with van der Waals surface area (Å²) in [6.45, 7) is 4.45. The standard InChI is InChI=1S/C22H30FN3O3S/c1-17-10-11-20(14-18(17)2)30(28,29)25(5)16-22(27)26(13-12-24(3)4)15-19-8-6-7-9-21(19)23/h6-11,14H,12-13,15-16H2,1-5H3. The van der Waals surface area contributed by atoms with E-state index >= 15 is 0 Å². The molecule has 0 saturated carbocycles. The molecular formula is C22H30FN3O3S. The number of halogens is 1. The third kappa shape index (κ3) is 6.10. The number of rotatable bonds is 9. The first-order valence-corrected chi connectivity index (χ1v) is 11.2. The van der Waals surface area contributed by atoms with Gasteiger partial charge in [0.05, 0.1) is 11.4 Å². The van der Waals surface area contributed by atoms with E-state index in [1.807, 2.05) is 32.8 Å². The van der Waals surface area contributed by atoms with Crippen LogP contribution in [-0.4, -0.2) is 69.2 Å². The lowest BCUT2D eigenvalue weighted by Gasteiger charge is -2.27. The van der Waals surface area contributed by atoms with Crippen LogP contribution in [-0.2, 0) is 21.4 Å². The van der Waals surface area contributed by atoms with Crippen LogP contribution in [0.4, 0.5) is 4.39 Å². The van der Waals surface area contributed by atoms with Gasteiger partial charge in [-0.25, -0.2) is 12.8 Å². The number of hydrogen-bond donors (Lipinski definition) is 0. The molecule has 0 bridgehead atoms. The summed E-state index contributed by atoms with van der Waals surface area (Å²) in [5.41, 5.74) is 2.25.